The van der Waals surface area contributed by atoms with Crippen molar-refractivity contribution >= 4 is 27.6 Å². The van der Waals surface area contributed by atoms with Crippen LogP contribution in [0.4, 0.5) is 10.1 Å². The van der Waals surface area contributed by atoms with Crippen LogP contribution in [0.3, 0.4) is 0 Å². The van der Waals surface area contributed by atoms with Crippen molar-refractivity contribution in [1.82, 2.24) is 4.72 Å². The number of esters is 2. The number of carbonyl (C=O) groups excluding carboxylic acids is 2. The Bertz CT molecular complexity index is 867. The smallest absolute Gasteiger partial charge is 0.355 e. The standard InChI is InChI=1S/C15H17FN2O7S/c1-17-26(21,22)9-4-5-11(16)12(6-9)18-8-25-7-10(14(19)23-2)13(18)15(20)24-3/h4-6,17H,7-8H2,1-3H3. The molecule has 26 heavy (non-hydrogen) atoms. The SMILES string of the molecule is CNS(=O)(=O)c1ccc(F)c(N2COCC(C(=O)OC)=C2C(=O)OC)c1. The minimum Gasteiger partial charge on any atom is -0.466 e. The number of hydrogen-bond donors (Lipinski definition) is 1. The van der Waals surface area contributed by atoms with Crippen LogP contribution in [0, 0.1) is 5.82 Å². The van der Waals surface area contributed by atoms with Crippen LogP contribution >= 0.6 is 0 Å². The average Bonchev–Trinajstić information content (AvgIpc) is 2.66. The van der Waals surface area contributed by atoms with Crippen molar-refractivity contribution in [1.29, 1.82) is 0 Å². The molecule has 1 heterocycles. The Morgan fingerprint density at radius 2 is 1.88 bits per heavy atom. The summed E-state index contributed by atoms with van der Waals surface area (Å²) in [5.74, 6) is -2.60. The molecule has 0 bridgehead atoms. The Morgan fingerprint density at radius 1 is 1.23 bits per heavy atom. The van der Waals surface area contributed by atoms with Crippen LogP contribution in [0.2, 0.25) is 0 Å². The van der Waals surface area contributed by atoms with Crippen molar-refractivity contribution in [3.05, 3.63) is 35.3 Å². The van der Waals surface area contributed by atoms with Gasteiger partial charge in [-0.25, -0.2) is 27.1 Å². The topological polar surface area (TPSA) is 111 Å². The number of methoxy groups -OCH3 is 2. The first-order valence-electron chi connectivity index (χ1n) is 7.25. The van der Waals surface area contributed by atoms with Gasteiger partial charge in [0.1, 0.15) is 18.2 Å². The van der Waals surface area contributed by atoms with Gasteiger partial charge in [-0.05, 0) is 25.2 Å². The Morgan fingerprint density at radius 3 is 2.46 bits per heavy atom. The molecule has 0 saturated carbocycles. The molecular formula is C15H17FN2O7S. The molecular weight excluding hydrogens is 371 g/mol. The highest BCUT2D eigenvalue weighted by atomic mass is 32.2. The van der Waals surface area contributed by atoms with Gasteiger partial charge < -0.3 is 19.1 Å². The lowest BCUT2D eigenvalue weighted by Crippen LogP contribution is -2.39. The van der Waals surface area contributed by atoms with E-state index >= 15 is 0 Å². The molecule has 0 atom stereocenters. The summed E-state index contributed by atoms with van der Waals surface area (Å²) in [6, 6.07) is 3.02. The van der Waals surface area contributed by atoms with Gasteiger partial charge in [0, 0.05) is 0 Å². The first-order chi connectivity index (χ1) is 12.3. The summed E-state index contributed by atoms with van der Waals surface area (Å²) >= 11 is 0. The van der Waals surface area contributed by atoms with E-state index in [-0.39, 0.29) is 35.2 Å². The molecule has 0 spiro atoms. The third-order valence-corrected chi connectivity index (χ3v) is 5.03. The van der Waals surface area contributed by atoms with Crippen molar-refractivity contribution in [2.75, 3.05) is 39.5 Å². The van der Waals surface area contributed by atoms with Crippen LogP contribution in [0.25, 0.3) is 0 Å². The number of anilines is 1. The van der Waals surface area contributed by atoms with Gasteiger partial charge in [-0.1, -0.05) is 0 Å². The summed E-state index contributed by atoms with van der Waals surface area (Å²) in [4.78, 5) is 24.9. The Hall–Kier alpha value is -2.50. The summed E-state index contributed by atoms with van der Waals surface area (Å²) in [5, 5.41) is 0. The third kappa shape index (κ3) is 3.69. The van der Waals surface area contributed by atoms with E-state index in [4.69, 9.17) is 4.74 Å². The average molecular weight is 388 g/mol. The lowest BCUT2D eigenvalue weighted by molar-refractivity contribution is -0.140. The number of nitrogens with one attached hydrogen (secondary N) is 1. The Labute approximate surface area is 149 Å². The fourth-order valence-corrected chi connectivity index (χ4v) is 3.07. The van der Waals surface area contributed by atoms with Crippen molar-refractivity contribution < 1.29 is 36.6 Å². The van der Waals surface area contributed by atoms with Crippen LogP contribution in [-0.2, 0) is 33.8 Å². The number of rotatable bonds is 5. The number of halogens is 1. The molecule has 0 radical (unpaired) electrons. The lowest BCUT2D eigenvalue weighted by atomic mass is 10.1. The predicted molar refractivity (Wildman–Crippen MR) is 87.0 cm³/mol. The number of benzene rings is 1. The number of nitrogens with zero attached hydrogens (tertiary/aromatic N) is 1. The summed E-state index contributed by atoms with van der Waals surface area (Å²) in [6.45, 7) is -0.547. The summed E-state index contributed by atoms with van der Waals surface area (Å²) in [5.41, 5.74) is -0.738. The van der Waals surface area contributed by atoms with Gasteiger partial charge in [-0.3, -0.25) is 0 Å². The molecule has 1 aliphatic heterocycles. The van der Waals surface area contributed by atoms with Gasteiger partial charge in [-0.15, -0.1) is 0 Å². The second kappa shape index (κ2) is 7.81. The molecule has 142 valence electrons. The van der Waals surface area contributed by atoms with Crippen LogP contribution < -0.4 is 9.62 Å². The fourth-order valence-electron chi connectivity index (χ4n) is 2.32. The minimum absolute atomic E-state index is 0.174. The number of carbonyl (C=O) groups is 2. The quantitative estimate of drug-likeness (QED) is 0.709. The summed E-state index contributed by atoms with van der Waals surface area (Å²) in [6.07, 6.45) is 0. The van der Waals surface area contributed by atoms with Crippen LogP contribution in [0.15, 0.2) is 34.4 Å². The Balaban J connectivity index is 2.67. The molecule has 0 fully saturated rings. The van der Waals surface area contributed by atoms with Crippen molar-refractivity contribution in [3.8, 4) is 0 Å². The van der Waals surface area contributed by atoms with E-state index in [0.29, 0.717) is 0 Å². The van der Waals surface area contributed by atoms with Crippen LogP contribution in [0.5, 0.6) is 0 Å². The molecule has 1 aromatic carbocycles. The largest absolute Gasteiger partial charge is 0.466 e. The second-order valence-corrected chi connectivity index (χ2v) is 6.92. The molecule has 0 aromatic heterocycles. The van der Waals surface area contributed by atoms with Gasteiger partial charge in [0.05, 0.1) is 37.0 Å². The van der Waals surface area contributed by atoms with Gasteiger partial charge in [0.15, 0.2) is 0 Å². The highest BCUT2D eigenvalue weighted by molar-refractivity contribution is 7.89. The number of sulfonamides is 1. The fraction of sp³-hybridized carbons (Fsp3) is 0.333. The second-order valence-electron chi connectivity index (χ2n) is 5.04. The highest BCUT2D eigenvalue weighted by Gasteiger charge is 2.34. The predicted octanol–water partition coefficient (Wildman–Crippen LogP) is 0.128. The van der Waals surface area contributed by atoms with Gasteiger partial charge in [-0.2, -0.15) is 0 Å². The summed E-state index contributed by atoms with van der Waals surface area (Å²) in [7, 11) is -0.448. The van der Waals surface area contributed by atoms with Crippen LogP contribution in [0.1, 0.15) is 0 Å². The highest BCUT2D eigenvalue weighted by Crippen LogP contribution is 2.30. The number of ether oxygens (including phenoxy) is 3. The molecule has 9 nitrogen and oxygen atoms in total. The minimum atomic E-state index is -3.86. The molecule has 0 amide bonds. The first kappa shape index (κ1) is 19.8. The molecule has 1 aliphatic rings. The maximum absolute atomic E-state index is 14.4. The van der Waals surface area contributed by atoms with Crippen molar-refractivity contribution in [3.63, 3.8) is 0 Å². The van der Waals surface area contributed by atoms with Crippen molar-refractivity contribution in [2.24, 2.45) is 0 Å². The van der Waals surface area contributed by atoms with E-state index in [1.165, 1.54) is 7.05 Å². The van der Waals surface area contributed by atoms with Crippen molar-refractivity contribution in [2.45, 2.75) is 4.90 Å². The van der Waals surface area contributed by atoms with E-state index in [2.05, 4.69) is 14.2 Å². The summed E-state index contributed by atoms with van der Waals surface area (Å²) < 4.78 is 55.0. The molecule has 0 saturated heterocycles. The molecule has 11 heteroatoms. The third-order valence-electron chi connectivity index (χ3n) is 3.62. The zero-order valence-corrected chi connectivity index (χ0v) is 15.1. The Kier molecular flexibility index (Phi) is 5.95. The van der Waals surface area contributed by atoms with E-state index in [1.54, 1.807) is 0 Å². The first-order valence-corrected chi connectivity index (χ1v) is 8.73. The molecule has 1 N–H and O–H groups in total. The molecule has 1 aromatic rings. The van der Waals surface area contributed by atoms with E-state index in [1.807, 2.05) is 0 Å². The van der Waals surface area contributed by atoms with Crippen LogP contribution in [-0.4, -0.2) is 55.0 Å². The van der Waals surface area contributed by atoms with Gasteiger partial charge >= 0.3 is 11.9 Å². The molecule has 0 unspecified atom stereocenters. The zero-order valence-electron chi connectivity index (χ0n) is 14.2. The maximum Gasteiger partial charge on any atom is 0.355 e. The van der Waals surface area contributed by atoms with E-state index < -0.39 is 27.8 Å². The number of hydrogen-bond acceptors (Lipinski definition) is 8. The van der Waals surface area contributed by atoms with Gasteiger partial charge in [0.25, 0.3) is 0 Å². The maximum atomic E-state index is 14.4. The van der Waals surface area contributed by atoms with E-state index in [0.717, 1.165) is 37.3 Å². The normalized spacial score (nSPS) is 15.0. The lowest BCUT2D eigenvalue weighted by Gasteiger charge is -2.31. The zero-order chi connectivity index (χ0) is 19.5. The molecule has 0 aliphatic carbocycles. The molecule has 2 rings (SSSR count). The monoisotopic (exact) mass is 388 g/mol. The van der Waals surface area contributed by atoms with E-state index in [9.17, 15) is 22.4 Å². The van der Waals surface area contributed by atoms with Gasteiger partial charge in [0.2, 0.25) is 10.0 Å².